The Kier molecular flexibility index (Phi) is 7.29. The van der Waals surface area contributed by atoms with Crippen molar-refractivity contribution in [1.29, 1.82) is 0 Å². The van der Waals surface area contributed by atoms with Gasteiger partial charge in [0.25, 0.3) is 0 Å². The molecule has 0 aromatic heterocycles. The van der Waals surface area contributed by atoms with Gasteiger partial charge in [-0.2, -0.15) is 0 Å². The molecule has 0 aliphatic carbocycles. The molecule has 0 aliphatic heterocycles. The molecule has 5 nitrogen and oxygen atoms in total. The minimum atomic E-state index is -0.863. The van der Waals surface area contributed by atoms with Crippen molar-refractivity contribution in [2.75, 3.05) is 6.54 Å². The predicted octanol–water partition coefficient (Wildman–Crippen LogP) is 2.94. The van der Waals surface area contributed by atoms with Crippen LogP contribution in [-0.4, -0.2) is 23.7 Å². The molecule has 3 N–H and O–H groups in total. The van der Waals surface area contributed by atoms with Crippen LogP contribution in [-0.2, 0) is 4.79 Å². The molecule has 0 heterocycles. The lowest BCUT2D eigenvalue weighted by atomic mass is 10.0. The molecule has 1 unspecified atom stereocenters. The lowest BCUT2D eigenvalue weighted by molar-refractivity contribution is -0.137. The number of carbonyl (C=O) groups is 2. The Morgan fingerprint density at radius 2 is 1.81 bits per heavy atom. The second-order valence-corrected chi connectivity index (χ2v) is 5.48. The second-order valence-electron chi connectivity index (χ2n) is 5.48. The third-order valence-electron chi connectivity index (χ3n) is 3.16. The molecule has 0 saturated carbocycles. The van der Waals surface area contributed by atoms with Gasteiger partial charge >= 0.3 is 12.0 Å². The summed E-state index contributed by atoms with van der Waals surface area (Å²) < 4.78 is 0. The molecule has 0 saturated heterocycles. The van der Waals surface area contributed by atoms with E-state index in [1.54, 1.807) is 0 Å². The fourth-order valence-electron chi connectivity index (χ4n) is 1.96. The monoisotopic (exact) mass is 292 g/mol. The number of nitrogens with one attached hydrogen (secondary N) is 2. The number of carboxylic acid groups (broad SMARTS) is 1. The molecule has 5 heteroatoms. The van der Waals surface area contributed by atoms with Crippen LogP contribution in [0.5, 0.6) is 0 Å². The highest BCUT2D eigenvalue weighted by Gasteiger charge is 2.15. The fraction of sp³-hybridized carbons (Fsp3) is 0.500. The first-order valence-corrected chi connectivity index (χ1v) is 7.30. The standard InChI is InChI=1S/C16H24N2O3/c1-12(2)10-11-17-16(21)18-14(8-9-15(19)20)13-6-4-3-5-7-13/h3-7,12,14H,8-11H2,1-2H3,(H,19,20)(H2,17,18,21). The molecular weight excluding hydrogens is 268 g/mol. The number of rotatable bonds is 8. The van der Waals surface area contributed by atoms with Crippen LogP contribution in [0, 0.1) is 5.92 Å². The predicted molar refractivity (Wildman–Crippen MR) is 82.0 cm³/mol. The molecule has 1 rings (SSSR count). The zero-order chi connectivity index (χ0) is 15.7. The van der Waals surface area contributed by atoms with Gasteiger partial charge in [-0.15, -0.1) is 0 Å². The van der Waals surface area contributed by atoms with Gasteiger partial charge in [-0.1, -0.05) is 44.2 Å². The molecule has 0 bridgehead atoms. The highest BCUT2D eigenvalue weighted by molar-refractivity contribution is 5.74. The maximum absolute atomic E-state index is 11.9. The highest BCUT2D eigenvalue weighted by Crippen LogP contribution is 2.18. The van der Waals surface area contributed by atoms with Crippen molar-refractivity contribution in [3.05, 3.63) is 35.9 Å². The van der Waals surface area contributed by atoms with Crippen molar-refractivity contribution >= 4 is 12.0 Å². The molecule has 1 atom stereocenters. The third-order valence-corrected chi connectivity index (χ3v) is 3.16. The molecule has 1 aromatic rings. The van der Waals surface area contributed by atoms with Gasteiger partial charge in [0.1, 0.15) is 0 Å². The van der Waals surface area contributed by atoms with Gasteiger partial charge in [0.15, 0.2) is 0 Å². The second kappa shape index (κ2) is 9.00. The number of carboxylic acids is 1. The molecule has 0 radical (unpaired) electrons. The van der Waals surface area contributed by atoms with Gasteiger partial charge < -0.3 is 15.7 Å². The molecule has 0 fully saturated rings. The topological polar surface area (TPSA) is 78.4 Å². The summed E-state index contributed by atoms with van der Waals surface area (Å²) in [5, 5.41) is 14.5. The first-order valence-electron chi connectivity index (χ1n) is 7.30. The summed E-state index contributed by atoms with van der Waals surface area (Å²) in [4.78, 5) is 22.6. The maximum atomic E-state index is 11.9. The number of benzene rings is 1. The van der Waals surface area contributed by atoms with Crippen molar-refractivity contribution < 1.29 is 14.7 Å². The van der Waals surface area contributed by atoms with Crippen LogP contribution < -0.4 is 10.6 Å². The fourth-order valence-corrected chi connectivity index (χ4v) is 1.96. The van der Waals surface area contributed by atoms with E-state index >= 15 is 0 Å². The van der Waals surface area contributed by atoms with E-state index in [2.05, 4.69) is 24.5 Å². The summed E-state index contributed by atoms with van der Waals surface area (Å²) in [6.45, 7) is 4.81. The number of hydrogen-bond acceptors (Lipinski definition) is 2. The van der Waals surface area contributed by atoms with Crippen LogP contribution >= 0.6 is 0 Å². The largest absolute Gasteiger partial charge is 0.481 e. The third kappa shape index (κ3) is 7.34. The average Bonchev–Trinajstić information content (AvgIpc) is 2.43. The van der Waals surface area contributed by atoms with Crippen LogP contribution in [0.1, 0.15) is 44.7 Å². The summed E-state index contributed by atoms with van der Waals surface area (Å²) in [5.41, 5.74) is 0.915. The van der Waals surface area contributed by atoms with Gasteiger partial charge in [-0.05, 0) is 24.3 Å². The smallest absolute Gasteiger partial charge is 0.315 e. The Labute approximate surface area is 125 Å². The summed E-state index contributed by atoms with van der Waals surface area (Å²) in [6.07, 6.45) is 1.31. The number of aliphatic carboxylic acids is 1. The van der Waals surface area contributed by atoms with Gasteiger partial charge in [-0.25, -0.2) is 4.79 Å². The van der Waals surface area contributed by atoms with Gasteiger partial charge in [0.2, 0.25) is 0 Å². The maximum Gasteiger partial charge on any atom is 0.315 e. The number of carbonyl (C=O) groups excluding carboxylic acids is 1. The number of urea groups is 1. The summed E-state index contributed by atoms with van der Waals surface area (Å²) in [7, 11) is 0. The van der Waals surface area contributed by atoms with Crippen molar-refractivity contribution in [3.8, 4) is 0 Å². The van der Waals surface area contributed by atoms with Crippen molar-refractivity contribution in [3.63, 3.8) is 0 Å². The number of hydrogen-bond donors (Lipinski definition) is 3. The van der Waals surface area contributed by atoms with E-state index in [1.165, 1.54) is 0 Å². The van der Waals surface area contributed by atoms with Crippen molar-refractivity contribution in [2.24, 2.45) is 5.92 Å². The number of amides is 2. The first kappa shape index (κ1) is 17.0. The molecule has 0 aliphatic rings. The van der Waals surface area contributed by atoms with Crippen molar-refractivity contribution in [1.82, 2.24) is 10.6 Å². The Morgan fingerprint density at radius 1 is 1.14 bits per heavy atom. The van der Waals surface area contributed by atoms with Crippen LogP contribution in [0.25, 0.3) is 0 Å². The quantitative estimate of drug-likeness (QED) is 0.689. The van der Waals surface area contributed by atoms with E-state index < -0.39 is 5.97 Å². The van der Waals surface area contributed by atoms with Crippen molar-refractivity contribution in [2.45, 2.75) is 39.2 Å². The van der Waals surface area contributed by atoms with Crippen LogP contribution in [0.4, 0.5) is 4.79 Å². The van der Waals surface area contributed by atoms with Crippen LogP contribution in [0.2, 0.25) is 0 Å². The lowest BCUT2D eigenvalue weighted by Gasteiger charge is -2.19. The van der Waals surface area contributed by atoms with Gasteiger partial charge in [-0.3, -0.25) is 4.79 Å². The van der Waals surface area contributed by atoms with E-state index in [4.69, 9.17) is 5.11 Å². The Morgan fingerprint density at radius 3 is 2.38 bits per heavy atom. The Bertz CT molecular complexity index is 446. The molecule has 116 valence electrons. The molecular formula is C16H24N2O3. The van der Waals surface area contributed by atoms with Crippen LogP contribution in [0.3, 0.4) is 0 Å². The minimum absolute atomic E-state index is 0.0197. The minimum Gasteiger partial charge on any atom is -0.481 e. The summed E-state index contributed by atoms with van der Waals surface area (Å²) >= 11 is 0. The van der Waals surface area contributed by atoms with Gasteiger partial charge in [0, 0.05) is 13.0 Å². The van der Waals surface area contributed by atoms with E-state index in [0.29, 0.717) is 18.9 Å². The summed E-state index contributed by atoms with van der Waals surface area (Å²) in [6, 6.07) is 8.88. The molecule has 21 heavy (non-hydrogen) atoms. The van der Waals surface area contributed by atoms with E-state index in [1.807, 2.05) is 30.3 Å². The molecule has 1 aromatic carbocycles. The zero-order valence-electron chi connectivity index (χ0n) is 12.6. The zero-order valence-corrected chi connectivity index (χ0v) is 12.6. The molecule has 2 amide bonds. The van der Waals surface area contributed by atoms with E-state index in [0.717, 1.165) is 12.0 Å². The normalized spacial score (nSPS) is 12.0. The summed E-state index contributed by atoms with van der Waals surface area (Å²) in [5.74, 6) is -0.333. The highest BCUT2D eigenvalue weighted by atomic mass is 16.4. The van der Waals surface area contributed by atoms with E-state index in [9.17, 15) is 9.59 Å². The Hall–Kier alpha value is -2.04. The first-order chi connectivity index (χ1) is 9.99. The van der Waals surface area contributed by atoms with Gasteiger partial charge in [0.05, 0.1) is 6.04 Å². The average molecular weight is 292 g/mol. The molecule has 0 spiro atoms. The van der Waals surface area contributed by atoms with E-state index in [-0.39, 0.29) is 18.5 Å². The lowest BCUT2D eigenvalue weighted by Crippen LogP contribution is -2.38. The Balaban J connectivity index is 2.56. The SMILES string of the molecule is CC(C)CCNC(=O)NC(CCC(=O)O)c1ccccc1. The van der Waals surface area contributed by atoms with Crippen LogP contribution in [0.15, 0.2) is 30.3 Å².